The number of benzene rings is 3. The van der Waals surface area contributed by atoms with E-state index >= 15 is 8.78 Å². The molecule has 1 aromatic heterocycles. The maximum Gasteiger partial charge on any atom is 0.344 e. The molecule has 4 aromatic rings. The van der Waals surface area contributed by atoms with Gasteiger partial charge in [-0.05, 0) is 65.8 Å². The molecule has 41 heavy (non-hydrogen) atoms. The lowest BCUT2D eigenvalue weighted by Crippen LogP contribution is -2.28. The third-order valence-corrected chi connectivity index (χ3v) is 6.62. The summed E-state index contributed by atoms with van der Waals surface area (Å²) in [5.41, 5.74) is 9.86. The molecule has 0 bridgehead atoms. The molecule has 0 radical (unpaired) electrons. The Labute approximate surface area is 238 Å². The predicted molar refractivity (Wildman–Crippen MR) is 154 cm³/mol. The number of carboxylic acids is 1. The Morgan fingerprint density at radius 2 is 1.68 bits per heavy atom. The van der Waals surface area contributed by atoms with Gasteiger partial charge in [0, 0.05) is 20.1 Å². The number of hydrogen-bond acceptors (Lipinski definition) is 6. The van der Waals surface area contributed by atoms with Crippen LogP contribution in [0.1, 0.15) is 30.0 Å². The van der Waals surface area contributed by atoms with Crippen molar-refractivity contribution < 1.29 is 28.2 Å². The molecule has 1 heterocycles. The normalized spacial score (nSPS) is 11.7. The third kappa shape index (κ3) is 7.18. The number of carboxylic acid groups (broad SMARTS) is 1. The molecular formula is C32H33F2N3O4. The van der Waals surface area contributed by atoms with Gasteiger partial charge in [-0.3, -0.25) is 0 Å². The van der Waals surface area contributed by atoms with Crippen LogP contribution in [0.3, 0.4) is 0 Å². The quantitative estimate of drug-likeness (QED) is 0.204. The van der Waals surface area contributed by atoms with E-state index in [0.29, 0.717) is 13.0 Å². The lowest BCUT2D eigenvalue weighted by atomic mass is 10.0. The van der Waals surface area contributed by atoms with Crippen molar-refractivity contribution in [3.05, 3.63) is 101 Å². The van der Waals surface area contributed by atoms with Crippen LogP contribution in [0, 0.1) is 18.6 Å². The van der Waals surface area contributed by atoms with Crippen LogP contribution in [0.5, 0.6) is 17.5 Å². The van der Waals surface area contributed by atoms with Crippen molar-refractivity contribution in [2.45, 2.75) is 39.3 Å². The molecule has 0 saturated heterocycles. The van der Waals surface area contributed by atoms with E-state index in [1.54, 1.807) is 26.1 Å². The smallest absolute Gasteiger partial charge is 0.344 e. The number of likely N-dealkylation sites (N-methyl/N-ethyl adjacent to an activating group) is 1. The Morgan fingerprint density at radius 3 is 2.37 bits per heavy atom. The zero-order valence-corrected chi connectivity index (χ0v) is 23.2. The molecule has 0 aliphatic carbocycles. The second-order valence-electron chi connectivity index (χ2n) is 9.75. The summed E-state index contributed by atoms with van der Waals surface area (Å²) in [7, 11) is 1.54. The highest BCUT2D eigenvalue weighted by Gasteiger charge is 2.29. The minimum atomic E-state index is -1.38. The van der Waals surface area contributed by atoms with Crippen LogP contribution in [0.4, 0.5) is 14.5 Å². The fourth-order valence-electron chi connectivity index (χ4n) is 4.43. The SMILES string of the molecule is CC[C@@H](Oc1nc(Oc2cc(C)cc(-c3cccc(CN)c3)c2)c(F)c(N(C)CCc2ccccc2)c1F)C(=O)O. The molecule has 214 valence electrons. The largest absolute Gasteiger partial charge is 0.479 e. The van der Waals surface area contributed by atoms with E-state index in [1.807, 2.05) is 67.6 Å². The van der Waals surface area contributed by atoms with E-state index in [1.165, 1.54) is 4.90 Å². The van der Waals surface area contributed by atoms with Gasteiger partial charge in [0.05, 0.1) is 0 Å². The summed E-state index contributed by atoms with van der Waals surface area (Å²) < 4.78 is 42.9. The summed E-state index contributed by atoms with van der Waals surface area (Å²) in [6.45, 7) is 4.10. The number of aryl methyl sites for hydroxylation is 1. The Hall–Kier alpha value is -4.50. The number of halogens is 2. The van der Waals surface area contributed by atoms with Crippen molar-refractivity contribution in [1.82, 2.24) is 4.98 Å². The fraction of sp³-hybridized carbons (Fsp3) is 0.250. The highest BCUT2D eigenvalue weighted by molar-refractivity contribution is 5.72. The molecule has 4 rings (SSSR count). The zero-order valence-electron chi connectivity index (χ0n) is 23.2. The van der Waals surface area contributed by atoms with Gasteiger partial charge in [0.2, 0.25) is 11.6 Å². The van der Waals surface area contributed by atoms with Crippen molar-refractivity contribution in [2.24, 2.45) is 5.73 Å². The molecule has 1 atom stereocenters. The molecule has 0 aliphatic rings. The highest BCUT2D eigenvalue weighted by Crippen LogP contribution is 2.37. The van der Waals surface area contributed by atoms with Crippen LogP contribution in [0.25, 0.3) is 11.1 Å². The van der Waals surface area contributed by atoms with E-state index in [4.69, 9.17) is 15.2 Å². The number of nitrogens with two attached hydrogens (primary N) is 1. The monoisotopic (exact) mass is 561 g/mol. The van der Waals surface area contributed by atoms with Gasteiger partial charge in [0.15, 0.2) is 6.10 Å². The predicted octanol–water partition coefficient (Wildman–Crippen LogP) is 6.51. The Balaban J connectivity index is 1.74. The molecule has 0 spiro atoms. The van der Waals surface area contributed by atoms with Crippen LogP contribution in [0.2, 0.25) is 0 Å². The molecule has 0 saturated carbocycles. The molecule has 0 fully saturated rings. The van der Waals surface area contributed by atoms with Crippen molar-refractivity contribution in [1.29, 1.82) is 0 Å². The molecule has 3 aromatic carbocycles. The fourth-order valence-corrected chi connectivity index (χ4v) is 4.43. The molecule has 0 unspecified atom stereocenters. The standard InChI is InChI=1S/C32H33F2N3O4/c1-4-26(32(38)39)41-31-28(34)29(37(3)14-13-21-9-6-5-7-10-21)27(33)30(36-31)40-25-16-20(2)15-24(18-25)23-12-8-11-22(17-23)19-35/h5-12,15-18,26H,4,13-14,19,35H2,1-3H3,(H,38,39)/t26-/m1/s1. The second kappa shape index (κ2) is 13.2. The number of carbonyl (C=O) groups is 1. The molecule has 0 aliphatic heterocycles. The Kier molecular flexibility index (Phi) is 9.52. The summed E-state index contributed by atoms with van der Waals surface area (Å²) in [4.78, 5) is 17.0. The topological polar surface area (TPSA) is 97.9 Å². The third-order valence-electron chi connectivity index (χ3n) is 6.62. The lowest BCUT2D eigenvalue weighted by molar-refractivity contribution is -0.145. The van der Waals surface area contributed by atoms with E-state index in [-0.39, 0.29) is 18.7 Å². The summed E-state index contributed by atoms with van der Waals surface area (Å²) in [6, 6.07) is 22.6. The van der Waals surface area contributed by atoms with E-state index in [2.05, 4.69) is 4.98 Å². The number of aromatic nitrogens is 1. The Morgan fingerprint density at radius 1 is 0.976 bits per heavy atom. The molecule has 0 amide bonds. The van der Waals surface area contributed by atoms with Crippen molar-refractivity contribution >= 4 is 11.7 Å². The zero-order chi connectivity index (χ0) is 29.5. The minimum absolute atomic E-state index is 0.0479. The molecule has 9 heteroatoms. The summed E-state index contributed by atoms with van der Waals surface area (Å²) in [5.74, 6) is -4.33. The van der Waals surface area contributed by atoms with Crippen LogP contribution in [-0.2, 0) is 17.8 Å². The van der Waals surface area contributed by atoms with Gasteiger partial charge >= 0.3 is 5.97 Å². The second-order valence-corrected chi connectivity index (χ2v) is 9.75. The Bertz CT molecular complexity index is 1510. The summed E-state index contributed by atoms with van der Waals surface area (Å²) in [5, 5.41) is 9.48. The number of anilines is 1. The first-order chi connectivity index (χ1) is 19.7. The van der Waals surface area contributed by atoms with Crippen LogP contribution in [0.15, 0.2) is 72.8 Å². The number of rotatable bonds is 12. The van der Waals surface area contributed by atoms with Crippen LogP contribution in [-0.4, -0.2) is 35.8 Å². The first kappa shape index (κ1) is 29.5. The molecular weight excluding hydrogens is 528 g/mol. The highest BCUT2D eigenvalue weighted by atomic mass is 19.1. The molecule has 7 nitrogen and oxygen atoms in total. The van der Waals surface area contributed by atoms with E-state index in [0.717, 1.165) is 27.8 Å². The average molecular weight is 562 g/mol. The average Bonchev–Trinajstić information content (AvgIpc) is 2.97. The van der Waals surface area contributed by atoms with Gasteiger partial charge in [-0.25, -0.2) is 4.79 Å². The summed E-state index contributed by atoms with van der Waals surface area (Å²) in [6.07, 6.45) is -0.814. The van der Waals surface area contributed by atoms with Gasteiger partial charge < -0.3 is 25.2 Å². The van der Waals surface area contributed by atoms with E-state index < -0.39 is 41.2 Å². The van der Waals surface area contributed by atoms with Gasteiger partial charge in [-0.15, -0.1) is 0 Å². The molecule has 3 N–H and O–H groups in total. The van der Waals surface area contributed by atoms with Crippen molar-refractivity contribution in [3.63, 3.8) is 0 Å². The van der Waals surface area contributed by atoms with E-state index in [9.17, 15) is 9.90 Å². The first-order valence-electron chi connectivity index (χ1n) is 13.3. The van der Waals surface area contributed by atoms with Gasteiger partial charge in [0.25, 0.3) is 11.8 Å². The number of ether oxygens (including phenoxy) is 2. The van der Waals surface area contributed by atoms with Crippen molar-refractivity contribution in [3.8, 4) is 28.6 Å². The van der Waals surface area contributed by atoms with Crippen molar-refractivity contribution in [2.75, 3.05) is 18.5 Å². The van der Waals surface area contributed by atoms with Crippen LogP contribution < -0.4 is 20.1 Å². The number of hydrogen-bond donors (Lipinski definition) is 2. The van der Waals surface area contributed by atoms with Gasteiger partial charge in [-0.2, -0.15) is 13.8 Å². The summed E-state index contributed by atoms with van der Waals surface area (Å²) >= 11 is 0. The van der Waals surface area contributed by atoms with Crippen LogP contribution >= 0.6 is 0 Å². The number of pyridine rings is 1. The number of nitrogens with zero attached hydrogens (tertiary/aromatic N) is 2. The van der Waals surface area contributed by atoms with Gasteiger partial charge in [0.1, 0.15) is 11.4 Å². The maximum atomic E-state index is 15.9. The lowest BCUT2D eigenvalue weighted by Gasteiger charge is -2.23. The first-order valence-corrected chi connectivity index (χ1v) is 13.3. The number of aliphatic carboxylic acids is 1. The van der Waals surface area contributed by atoms with Gasteiger partial charge in [-0.1, -0.05) is 61.5 Å². The minimum Gasteiger partial charge on any atom is -0.479 e. The maximum absolute atomic E-state index is 15.9.